The first-order valence-electron chi connectivity index (χ1n) is 8.60. The van der Waals surface area contributed by atoms with Crippen molar-refractivity contribution in [2.24, 2.45) is 0 Å². The molecule has 0 bridgehead atoms. The Morgan fingerprint density at radius 2 is 1.81 bits per heavy atom. The standard InChI is InChI=1S/C20H24FN3O3/c1-5-19(14-6-9-16(27-4)10-7-14)24(3)20(26)23-15-8-11-17(21)18(12-15)22-13(2)25/h6-12,19H,5H2,1-4H3,(H,22,25)(H,23,26)/t19-/m1/s1. The van der Waals surface area contributed by atoms with E-state index in [2.05, 4.69) is 10.6 Å². The van der Waals surface area contributed by atoms with Gasteiger partial charge in [-0.15, -0.1) is 0 Å². The van der Waals surface area contributed by atoms with Crippen LogP contribution in [0, 0.1) is 5.82 Å². The van der Waals surface area contributed by atoms with E-state index in [1.165, 1.54) is 25.1 Å². The van der Waals surface area contributed by atoms with Gasteiger partial charge in [-0.1, -0.05) is 19.1 Å². The van der Waals surface area contributed by atoms with Crippen molar-refractivity contribution >= 4 is 23.3 Å². The van der Waals surface area contributed by atoms with E-state index in [0.717, 1.165) is 17.7 Å². The van der Waals surface area contributed by atoms with Crippen LogP contribution in [0.5, 0.6) is 5.75 Å². The van der Waals surface area contributed by atoms with Gasteiger partial charge in [0.25, 0.3) is 0 Å². The van der Waals surface area contributed by atoms with Crippen LogP contribution in [0.2, 0.25) is 0 Å². The summed E-state index contributed by atoms with van der Waals surface area (Å²) in [7, 11) is 3.30. The van der Waals surface area contributed by atoms with Gasteiger partial charge in [-0.25, -0.2) is 9.18 Å². The first kappa shape index (κ1) is 20.2. The second-order valence-electron chi connectivity index (χ2n) is 6.11. The summed E-state index contributed by atoms with van der Waals surface area (Å²) in [4.78, 5) is 25.4. The van der Waals surface area contributed by atoms with E-state index in [1.54, 1.807) is 19.1 Å². The molecule has 0 heterocycles. The Kier molecular flexibility index (Phi) is 6.76. The summed E-state index contributed by atoms with van der Waals surface area (Å²) >= 11 is 0. The Morgan fingerprint density at radius 1 is 1.15 bits per heavy atom. The van der Waals surface area contributed by atoms with Crippen molar-refractivity contribution < 1.29 is 18.7 Å². The number of carbonyl (C=O) groups is 2. The largest absolute Gasteiger partial charge is 0.497 e. The topological polar surface area (TPSA) is 70.7 Å². The Balaban J connectivity index is 2.14. The number of amides is 3. The van der Waals surface area contributed by atoms with Gasteiger partial charge >= 0.3 is 6.03 Å². The molecule has 0 radical (unpaired) electrons. The molecule has 6 nitrogen and oxygen atoms in total. The summed E-state index contributed by atoms with van der Waals surface area (Å²) in [5, 5.41) is 5.13. The molecule has 2 N–H and O–H groups in total. The predicted molar refractivity (Wildman–Crippen MR) is 104 cm³/mol. The number of ether oxygens (including phenoxy) is 1. The highest BCUT2D eigenvalue weighted by atomic mass is 19.1. The molecule has 0 aliphatic rings. The fraction of sp³-hybridized carbons (Fsp3) is 0.300. The molecule has 2 rings (SSSR count). The molecule has 0 saturated carbocycles. The maximum Gasteiger partial charge on any atom is 0.322 e. The van der Waals surface area contributed by atoms with Crippen molar-refractivity contribution in [3.8, 4) is 5.75 Å². The summed E-state index contributed by atoms with van der Waals surface area (Å²) in [6.07, 6.45) is 0.719. The van der Waals surface area contributed by atoms with Gasteiger partial charge in [0.2, 0.25) is 5.91 Å². The predicted octanol–water partition coefficient (Wildman–Crippen LogP) is 4.41. The van der Waals surface area contributed by atoms with Crippen molar-refractivity contribution in [2.45, 2.75) is 26.3 Å². The van der Waals surface area contributed by atoms with Crippen molar-refractivity contribution in [1.82, 2.24) is 4.90 Å². The molecule has 0 unspecified atom stereocenters. The lowest BCUT2D eigenvalue weighted by Gasteiger charge is -2.28. The Labute approximate surface area is 158 Å². The highest BCUT2D eigenvalue weighted by Crippen LogP contribution is 2.26. The van der Waals surface area contributed by atoms with E-state index in [-0.39, 0.29) is 23.7 Å². The monoisotopic (exact) mass is 373 g/mol. The number of halogens is 1. The number of rotatable bonds is 6. The van der Waals surface area contributed by atoms with Gasteiger partial charge in [-0.2, -0.15) is 0 Å². The third-order valence-electron chi connectivity index (χ3n) is 4.20. The van der Waals surface area contributed by atoms with E-state index in [9.17, 15) is 14.0 Å². The molecule has 0 saturated heterocycles. The molecule has 144 valence electrons. The number of hydrogen-bond acceptors (Lipinski definition) is 3. The minimum absolute atomic E-state index is 0.0187. The van der Waals surface area contributed by atoms with E-state index in [0.29, 0.717) is 5.69 Å². The number of carbonyl (C=O) groups excluding carboxylic acids is 2. The van der Waals surface area contributed by atoms with Crippen LogP contribution < -0.4 is 15.4 Å². The van der Waals surface area contributed by atoms with E-state index in [4.69, 9.17) is 4.74 Å². The minimum atomic E-state index is -0.568. The highest BCUT2D eigenvalue weighted by molar-refractivity contribution is 5.92. The molecular formula is C20H24FN3O3. The first-order chi connectivity index (χ1) is 12.8. The van der Waals surface area contributed by atoms with E-state index < -0.39 is 5.82 Å². The Morgan fingerprint density at radius 3 is 2.37 bits per heavy atom. The molecular weight excluding hydrogens is 349 g/mol. The van der Waals surface area contributed by atoms with Gasteiger partial charge in [0.1, 0.15) is 11.6 Å². The lowest BCUT2D eigenvalue weighted by atomic mass is 10.0. The molecule has 1 atom stereocenters. The molecule has 3 amide bonds. The molecule has 2 aromatic rings. The van der Waals surface area contributed by atoms with Crippen molar-refractivity contribution in [1.29, 1.82) is 0 Å². The maximum absolute atomic E-state index is 13.7. The number of anilines is 2. The second kappa shape index (κ2) is 9.02. The van der Waals surface area contributed by atoms with Crippen LogP contribution in [0.1, 0.15) is 31.9 Å². The molecule has 2 aromatic carbocycles. The summed E-state index contributed by atoms with van der Waals surface area (Å²) in [6.45, 7) is 3.28. The van der Waals surface area contributed by atoms with Crippen LogP contribution in [0.15, 0.2) is 42.5 Å². The fourth-order valence-electron chi connectivity index (χ4n) is 2.80. The van der Waals surface area contributed by atoms with Crippen LogP contribution in [0.3, 0.4) is 0 Å². The van der Waals surface area contributed by atoms with Gasteiger partial charge in [0.15, 0.2) is 0 Å². The van der Waals surface area contributed by atoms with Gasteiger partial charge in [-0.3, -0.25) is 4.79 Å². The van der Waals surface area contributed by atoms with Crippen LogP contribution in [0.25, 0.3) is 0 Å². The molecule has 27 heavy (non-hydrogen) atoms. The van der Waals surface area contributed by atoms with Crippen LogP contribution in [-0.2, 0) is 4.79 Å². The van der Waals surface area contributed by atoms with Gasteiger partial charge in [0.05, 0.1) is 18.8 Å². The molecule has 0 aromatic heterocycles. The third-order valence-corrected chi connectivity index (χ3v) is 4.20. The summed E-state index contributed by atoms with van der Waals surface area (Å²) in [5.41, 5.74) is 1.39. The maximum atomic E-state index is 13.7. The van der Waals surface area contributed by atoms with Crippen molar-refractivity contribution in [3.05, 3.63) is 53.8 Å². The van der Waals surface area contributed by atoms with E-state index >= 15 is 0 Å². The SMILES string of the molecule is CC[C@H](c1ccc(OC)cc1)N(C)C(=O)Nc1ccc(F)c(NC(C)=O)c1. The number of benzene rings is 2. The zero-order chi connectivity index (χ0) is 20.0. The quantitative estimate of drug-likeness (QED) is 0.788. The normalized spacial score (nSPS) is 11.4. The number of hydrogen-bond donors (Lipinski definition) is 2. The summed E-state index contributed by atoms with van der Waals surface area (Å²) in [6, 6.07) is 11.1. The van der Waals surface area contributed by atoms with Crippen molar-refractivity contribution in [2.75, 3.05) is 24.8 Å². The van der Waals surface area contributed by atoms with E-state index in [1.807, 2.05) is 31.2 Å². The Bertz CT molecular complexity index is 809. The number of nitrogens with one attached hydrogen (secondary N) is 2. The van der Waals surface area contributed by atoms with Gasteiger partial charge < -0.3 is 20.3 Å². The smallest absolute Gasteiger partial charge is 0.322 e. The zero-order valence-electron chi connectivity index (χ0n) is 15.9. The van der Waals surface area contributed by atoms with Crippen LogP contribution in [0.4, 0.5) is 20.6 Å². The van der Waals surface area contributed by atoms with Gasteiger partial charge in [-0.05, 0) is 42.3 Å². The van der Waals surface area contributed by atoms with Crippen LogP contribution in [-0.4, -0.2) is 31.0 Å². The average molecular weight is 373 g/mol. The second-order valence-corrected chi connectivity index (χ2v) is 6.11. The average Bonchev–Trinajstić information content (AvgIpc) is 2.65. The molecule has 0 fully saturated rings. The number of nitrogens with zero attached hydrogens (tertiary/aromatic N) is 1. The first-order valence-corrected chi connectivity index (χ1v) is 8.60. The highest BCUT2D eigenvalue weighted by Gasteiger charge is 2.20. The third kappa shape index (κ3) is 5.20. The number of urea groups is 1. The summed E-state index contributed by atoms with van der Waals surface area (Å²) in [5.74, 6) is -0.209. The lowest BCUT2D eigenvalue weighted by molar-refractivity contribution is -0.114. The zero-order valence-corrected chi connectivity index (χ0v) is 15.9. The molecule has 0 aliphatic heterocycles. The number of methoxy groups -OCH3 is 1. The lowest BCUT2D eigenvalue weighted by Crippen LogP contribution is -2.34. The molecule has 0 spiro atoms. The fourth-order valence-corrected chi connectivity index (χ4v) is 2.80. The van der Waals surface area contributed by atoms with Crippen molar-refractivity contribution in [3.63, 3.8) is 0 Å². The Hall–Kier alpha value is -3.09. The summed E-state index contributed by atoms with van der Waals surface area (Å²) < 4.78 is 18.9. The minimum Gasteiger partial charge on any atom is -0.497 e. The van der Waals surface area contributed by atoms with Gasteiger partial charge in [0, 0.05) is 19.7 Å². The molecule has 7 heteroatoms. The molecule has 0 aliphatic carbocycles. The van der Waals surface area contributed by atoms with Crippen LogP contribution >= 0.6 is 0 Å².